The molecule has 32 heavy (non-hydrogen) atoms. The molecule has 0 aliphatic carbocycles. The number of phenols is 2. The van der Waals surface area contributed by atoms with Crippen LogP contribution in [0.1, 0.15) is 21.5 Å². The topological polar surface area (TPSA) is 76.0 Å². The zero-order valence-corrected chi connectivity index (χ0v) is 17.4. The second kappa shape index (κ2) is 11.8. The van der Waals surface area contributed by atoms with Gasteiger partial charge in [0.2, 0.25) is 0 Å². The monoisotopic (exact) mass is 428 g/mol. The first-order valence-corrected chi connectivity index (χ1v) is 10.1. The Hall–Kier alpha value is -4.25. The SMILES string of the molecule is O=C(OCc1ccccc1)c1ccc(O)cc1.Oc1ccc(OCc2ccccc2)cc1. The van der Waals surface area contributed by atoms with Crippen molar-refractivity contribution in [1.29, 1.82) is 0 Å². The Kier molecular flexibility index (Phi) is 8.28. The summed E-state index contributed by atoms with van der Waals surface area (Å²) in [5, 5.41) is 18.2. The molecule has 0 saturated carbocycles. The molecule has 5 nitrogen and oxygen atoms in total. The molecule has 0 saturated heterocycles. The summed E-state index contributed by atoms with van der Waals surface area (Å²) in [6, 6.07) is 32.1. The molecule has 0 unspecified atom stereocenters. The van der Waals surface area contributed by atoms with Crippen molar-refractivity contribution in [2.24, 2.45) is 0 Å². The summed E-state index contributed by atoms with van der Waals surface area (Å²) < 4.78 is 10.7. The summed E-state index contributed by atoms with van der Waals surface area (Å²) in [4.78, 5) is 11.6. The summed E-state index contributed by atoms with van der Waals surface area (Å²) >= 11 is 0. The van der Waals surface area contributed by atoms with Crippen molar-refractivity contribution in [3.8, 4) is 17.2 Å². The van der Waals surface area contributed by atoms with Crippen LogP contribution in [-0.2, 0) is 18.0 Å². The molecule has 0 aromatic heterocycles. The van der Waals surface area contributed by atoms with Gasteiger partial charge in [0.05, 0.1) is 5.56 Å². The average molecular weight is 428 g/mol. The quantitative estimate of drug-likeness (QED) is 0.384. The minimum atomic E-state index is -0.395. The number of phenolic OH excluding ortho intramolecular Hbond substituents is 2. The lowest BCUT2D eigenvalue weighted by atomic mass is 10.2. The molecule has 162 valence electrons. The van der Waals surface area contributed by atoms with Gasteiger partial charge < -0.3 is 19.7 Å². The maximum atomic E-state index is 11.6. The van der Waals surface area contributed by atoms with Gasteiger partial charge in [-0.1, -0.05) is 60.7 Å². The zero-order chi connectivity index (χ0) is 22.6. The molecule has 5 heteroatoms. The molecule has 4 aromatic carbocycles. The third-order valence-electron chi connectivity index (χ3n) is 4.40. The van der Waals surface area contributed by atoms with E-state index in [1.165, 1.54) is 24.3 Å². The molecule has 0 spiro atoms. The second-order valence-corrected chi connectivity index (χ2v) is 6.88. The molecule has 0 fully saturated rings. The summed E-state index contributed by atoms with van der Waals surface area (Å²) in [5.41, 5.74) is 2.50. The molecule has 0 heterocycles. The third-order valence-corrected chi connectivity index (χ3v) is 4.40. The maximum Gasteiger partial charge on any atom is 0.338 e. The van der Waals surface area contributed by atoms with Gasteiger partial charge in [-0.3, -0.25) is 0 Å². The molecule has 0 aliphatic rings. The molecule has 4 rings (SSSR count). The van der Waals surface area contributed by atoms with Gasteiger partial charge in [0.15, 0.2) is 0 Å². The Morgan fingerprint density at radius 3 is 1.59 bits per heavy atom. The Morgan fingerprint density at radius 2 is 1.06 bits per heavy atom. The maximum absolute atomic E-state index is 11.6. The Bertz CT molecular complexity index is 1080. The Labute approximate surface area is 187 Å². The highest BCUT2D eigenvalue weighted by molar-refractivity contribution is 5.89. The van der Waals surface area contributed by atoms with Crippen LogP contribution in [0.15, 0.2) is 109 Å². The van der Waals surface area contributed by atoms with Gasteiger partial charge in [0.1, 0.15) is 30.5 Å². The summed E-state index contributed by atoms with van der Waals surface area (Å²) in [6.45, 7) is 0.798. The number of carbonyl (C=O) groups excluding carboxylic acids is 1. The van der Waals surface area contributed by atoms with Gasteiger partial charge in [-0.05, 0) is 59.7 Å². The molecular weight excluding hydrogens is 404 g/mol. The number of esters is 1. The molecule has 2 N–H and O–H groups in total. The van der Waals surface area contributed by atoms with E-state index in [0.717, 1.165) is 16.9 Å². The Balaban J connectivity index is 0.000000182. The van der Waals surface area contributed by atoms with E-state index in [9.17, 15) is 4.79 Å². The van der Waals surface area contributed by atoms with Crippen LogP contribution in [-0.4, -0.2) is 16.2 Å². The number of benzene rings is 4. The first-order valence-electron chi connectivity index (χ1n) is 10.1. The van der Waals surface area contributed by atoms with Gasteiger partial charge in [-0.25, -0.2) is 4.79 Å². The van der Waals surface area contributed by atoms with Crippen molar-refractivity contribution in [3.63, 3.8) is 0 Å². The number of rotatable bonds is 6. The lowest BCUT2D eigenvalue weighted by Crippen LogP contribution is -2.04. The van der Waals surface area contributed by atoms with E-state index in [2.05, 4.69) is 0 Å². The highest BCUT2D eigenvalue weighted by Crippen LogP contribution is 2.17. The van der Waals surface area contributed by atoms with Crippen LogP contribution in [0.3, 0.4) is 0 Å². The highest BCUT2D eigenvalue weighted by atomic mass is 16.5. The van der Waals surface area contributed by atoms with E-state index in [0.29, 0.717) is 12.2 Å². The normalized spacial score (nSPS) is 9.88. The molecular formula is C27H24O5. The molecule has 0 amide bonds. The Morgan fingerprint density at radius 1 is 0.594 bits per heavy atom. The van der Waals surface area contributed by atoms with Crippen LogP contribution in [0, 0.1) is 0 Å². The minimum absolute atomic E-state index is 0.129. The van der Waals surface area contributed by atoms with Crippen molar-refractivity contribution in [2.45, 2.75) is 13.2 Å². The van der Waals surface area contributed by atoms with E-state index in [-0.39, 0.29) is 18.1 Å². The second-order valence-electron chi connectivity index (χ2n) is 6.88. The predicted molar refractivity (Wildman–Crippen MR) is 123 cm³/mol. The first kappa shape index (κ1) is 22.4. The fraction of sp³-hybridized carbons (Fsp3) is 0.0741. The van der Waals surface area contributed by atoms with Crippen molar-refractivity contribution in [1.82, 2.24) is 0 Å². The van der Waals surface area contributed by atoms with Crippen LogP contribution in [0.2, 0.25) is 0 Å². The van der Waals surface area contributed by atoms with E-state index < -0.39 is 5.97 Å². The molecule has 0 aliphatic heterocycles. The van der Waals surface area contributed by atoms with Crippen LogP contribution in [0.25, 0.3) is 0 Å². The smallest absolute Gasteiger partial charge is 0.338 e. The van der Waals surface area contributed by atoms with E-state index in [4.69, 9.17) is 19.7 Å². The summed E-state index contributed by atoms with van der Waals surface area (Å²) in [6.07, 6.45) is 0. The highest BCUT2D eigenvalue weighted by Gasteiger charge is 2.06. The molecule has 0 atom stereocenters. The van der Waals surface area contributed by atoms with E-state index in [1.54, 1.807) is 24.3 Å². The van der Waals surface area contributed by atoms with Gasteiger partial charge in [-0.15, -0.1) is 0 Å². The number of carbonyl (C=O) groups is 1. The summed E-state index contributed by atoms with van der Waals surface area (Å²) in [7, 11) is 0. The van der Waals surface area contributed by atoms with Crippen LogP contribution >= 0.6 is 0 Å². The number of hydrogen-bond donors (Lipinski definition) is 2. The lowest BCUT2D eigenvalue weighted by Gasteiger charge is -2.05. The van der Waals surface area contributed by atoms with Crippen LogP contribution in [0.5, 0.6) is 17.2 Å². The van der Waals surface area contributed by atoms with E-state index >= 15 is 0 Å². The fourth-order valence-electron chi connectivity index (χ4n) is 2.69. The van der Waals surface area contributed by atoms with Crippen LogP contribution in [0.4, 0.5) is 0 Å². The molecule has 0 radical (unpaired) electrons. The number of aromatic hydroxyl groups is 2. The first-order chi connectivity index (χ1) is 15.6. The van der Waals surface area contributed by atoms with Gasteiger partial charge in [0, 0.05) is 0 Å². The van der Waals surface area contributed by atoms with Crippen LogP contribution < -0.4 is 4.74 Å². The number of ether oxygens (including phenoxy) is 2. The standard InChI is InChI=1S/C14H12O3.C13H12O2/c15-13-8-6-12(7-9-13)14(16)17-10-11-4-2-1-3-5-11;14-12-6-8-13(9-7-12)15-10-11-4-2-1-3-5-11/h1-9,15H,10H2;1-9,14H,10H2. The van der Waals surface area contributed by atoms with Gasteiger partial charge >= 0.3 is 5.97 Å². The van der Waals surface area contributed by atoms with Crippen molar-refractivity contribution >= 4 is 5.97 Å². The molecule has 0 bridgehead atoms. The van der Waals surface area contributed by atoms with Gasteiger partial charge in [0.25, 0.3) is 0 Å². The largest absolute Gasteiger partial charge is 0.508 e. The van der Waals surface area contributed by atoms with Crippen molar-refractivity contribution < 1.29 is 24.5 Å². The van der Waals surface area contributed by atoms with Crippen molar-refractivity contribution in [3.05, 3.63) is 126 Å². The van der Waals surface area contributed by atoms with Gasteiger partial charge in [-0.2, -0.15) is 0 Å². The predicted octanol–water partition coefficient (Wildman–Crippen LogP) is 5.72. The van der Waals surface area contributed by atoms with Crippen molar-refractivity contribution in [2.75, 3.05) is 0 Å². The lowest BCUT2D eigenvalue weighted by molar-refractivity contribution is 0.0472. The number of hydrogen-bond acceptors (Lipinski definition) is 5. The van der Waals surface area contributed by atoms with E-state index in [1.807, 2.05) is 60.7 Å². The third kappa shape index (κ3) is 7.54. The fourth-order valence-corrected chi connectivity index (χ4v) is 2.69. The average Bonchev–Trinajstić information content (AvgIpc) is 2.84. The summed E-state index contributed by atoms with van der Waals surface area (Å²) in [5.74, 6) is 0.747. The minimum Gasteiger partial charge on any atom is -0.508 e. The molecule has 4 aromatic rings. The zero-order valence-electron chi connectivity index (χ0n) is 17.4.